The van der Waals surface area contributed by atoms with Crippen molar-refractivity contribution >= 4 is 11.7 Å². The molecule has 0 saturated heterocycles. The maximum Gasteiger partial charge on any atom is 0.305 e. The number of hydrogen-bond acceptors (Lipinski definition) is 3. The highest BCUT2D eigenvalue weighted by Crippen LogP contribution is 2.21. The van der Waals surface area contributed by atoms with Gasteiger partial charge in [0.2, 0.25) is 0 Å². The smallest absolute Gasteiger partial charge is 0.305 e. The van der Waals surface area contributed by atoms with Crippen molar-refractivity contribution < 1.29 is 14.6 Å². The maximum atomic E-state index is 10.8. The molecule has 21 heavy (non-hydrogen) atoms. The fourth-order valence-electron chi connectivity index (χ4n) is 2.13. The van der Waals surface area contributed by atoms with Gasteiger partial charge in [0.15, 0.2) is 0 Å². The minimum Gasteiger partial charge on any atom is -0.497 e. The van der Waals surface area contributed by atoms with E-state index in [2.05, 4.69) is 4.90 Å². The molecule has 4 heteroatoms. The number of carbonyl (C=O) groups is 1. The van der Waals surface area contributed by atoms with Gasteiger partial charge < -0.3 is 14.7 Å². The van der Waals surface area contributed by atoms with Gasteiger partial charge in [-0.25, -0.2) is 0 Å². The molecule has 0 fully saturated rings. The molecule has 0 aliphatic rings. The van der Waals surface area contributed by atoms with E-state index < -0.39 is 5.97 Å². The minimum atomic E-state index is -0.790. The van der Waals surface area contributed by atoms with Crippen LogP contribution in [0, 0.1) is 0 Å². The van der Waals surface area contributed by atoms with Crippen LogP contribution >= 0.6 is 0 Å². The maximum absolute atomic E-state index is 10.8. The summed E-state index contributed by atoms with van der Waals surface area (Å²) in [6.45, 7) is 1.15. The molecule has 0 spiro atoms. The highest BCUT2D eigenvalue weighted by molar-refractivity contribution is 5.67. The summed E-state index contributed by atoms with van der Waals surface area (Å²) in [5.74, 6) is -0.00165. The molecule has 2 rings (SSSR count). The van der Waals surface area contributed by atoms with Crippen LogP contribution in [0.1, 0.15) is 12.0 Å². The lowest BCUT2D eigenvalue weighted by molar-refractivity contribution is -0.136. The summed E-state index contributed by atoms with van der Waals surface area (Å²) in [5.41, 5.74) is 2.14. The van der Waals surface area contributed by atoms with E-state index in [9.17, 15) is 4.79 Å². The zero-order chi connectivity index (χ0) is 15.1. The number of anilines is 1. The van der Waals surface area contributed by atoms with Crippen molar-refractivity contribution in [2.24, 2.45) is 0 Å². The van der Waals surface area contributed by atoms with Gasteiger partial charge in [0.05, 0.1) is 13.5 Å². The van der Waals surface area contributed by atoms with Gasteiger partial charge in [0, 0.05) is 18.8 Å². The van der Waals surface area contributed by atoms with Crippen LogP contribution in [-0.2, 0) is 11.3 Å². The number of aliphatic carboxylic acids is 1. The summed E-state index contributed by atoms with van der Waals surface area (Å²) in [7, 11) is 1.63. The van der Waals surface area contributed by atoms with Gasteiger partial charge in [-0.1, -0.05) is 30.3 Å². The highest BCUT2D eigenvalue weighted by Gasteiger charge is 2.09. The first-order valence-electron chi connectivity index (χ1n) is 6.84. The molecule has 0 aliphatic carbocycles. The lowest BCUT2D eigenvalue weighted by Crippen LogP contribution is -2.25. The SMILES string of the molecule is COc1ccc(N(CCC(=O)O)Cc2ccccc2)cc1. The number of rotatable bonds is 7. The molecule has 0 aromatic heterocycles. The summed E-state index contributed by atoms with van der Waals surface area (Å²) in [6.07, 6.45) is 0.110. The molecule has 0 heterocycles. The average Bonchev–Trinajstić information content (AvgIpc) is 2.52. The molecule has 0 aliphatic heterocycles. The monoisotopic (exact) mass is 285 g/mol. The summed E-state index contributed by atoms with van der Waals surface area (Å²) in [6, 6.07) is 17.7. The van der Waals surface area contributed by atoms with Gasteiger partial charge >= 0.3 is 5.97 Å². The van der Waals surface area contributed by atoms with Gasteiger partial charge in [0.25, 0.3) is 0 Å². The second-order valence-electron chi connectivity index (χ2n) is 4.75. The number of methoxy groups -OCH3 is 1. The second-order valence-corrected chi connectivity index (χ2v) is 4.75. The van der Waals surface area contributed by atoms with E-state index in [1.54, 1.807) is 7.11 Å². The standard InChI is InChI=1S/C17H19NO3/c1-21-16-9-7-15(8-10-16)18(12-11-17(19)20)13-14-5-3-2-4-6-14/h2-10H,11-13H2,1H3,(H,19,20). The number of carboxylic acids is 1. The highest BCUT2D eigenvalue weighted by atomic mass is 16.5. The molecule has 0 amide bonds. The Bertz CT molecular complexity index is 566. The van der Waals surface area contributed by atoms with Crippen LogP contribution in [0.2, 0.25) is 0 Å². The predicted molar refractivity (Wildman–Crippen MR) is 82.7 cm³/mol. The molecular weight excluding hydrogens is 266 g/mol. The third-order valence-electron chi connectivity index (χ3n) is 3.25. The van der Waals surface area contributed by atoms with E-state index >= 15 is 0 Å². The number of carboxylic acid groups (broad SMARTS) is 1. The van der Waals surface area contributed by atoms with Crippen LogP contribution in [0.3, 0.4) is 0 Å². The number of nitrogens with zero attached hydrogens (tertiary/aromatic N) is 1. The van der Waals surface area contributed by atoms with Crippen molar-refractivity contribution in [3.63, 3.8) is 0 Å². The van der Waals surface area contributed by atoms with E-state index in [-0.39, 0.29) is 6.42 Å². The predicted octanol–water partition coefficient (Wildman–Crippen LogP) is 3.18. The summed E-state index contributed by atoms with van der Waals surface area (Å²) >= 11 is 0. The first-order chi connectivity index (χ1) is 10.2. The Kier molecular flexibility index (Phi) is 5.21. The van der Waals surface area contributed by atoms with Crippen LogP contribution in [0.25, 0.3) is 0 Å². The molecule has 0 saturated carbocycles. The molecule has 2 aromatic rings. The molecule has 0 bridgehead atoms. The van der Waals surface area contributed by atoms with Crippen LogP contribution in [0.15, 0.2) is 54.6 Å². The van der Waals surface area contributed by atoms with Crippen LogP contribution in [-0.4, -0.2) is 24.7 Å². The molecule has 110 valence electrons. The van der Waals surface area contributed by atoms with Crippen molar-refractivity contribution in [1.29, 1.82) is 0 Å². The quantitative estimate of drug-likeness (QED) is 0.849. The lowest BCUT2D eigenvalue weighted by atomic mass is 10.2. The van der Waals surface area contributed by atoms with Crippen molar-refractivity contribution in [1.82, 2.24) is 0 Å². The molecule has 2 aromatic carbocycles. The van der Waals surface area contributed by atoms with Crippen LogP contribution in [0.4, 0.5) is 5.69 Å². The lowest BCUT2D eigenvalue weighted by Gasteiger charge is -2.24. The van der Waals surface area contributed by atoms with Gasteiger partial charge in [-0.3, -0.25) is 4.79 Å². The van der Waals surface area contributed by atoms with Gasteiger partial charge in [0.1, 0.15) is 5.75 Å². The summed E-state index contributed by atoms with van der Waals surface area (Å²) in [5, 5.41) is 8.91. The Labute approximate surface area is 124 Å². The first kappa shape index (κ1) is 14.9. The largest absolute Gasteiger partial charge is 0.497 e. The third kappa shape index (κ3) is 4.53. The van der Waals surface area contributed by atoms with Crippen molar-refractivity contribution in [2.45, 2.75) is 13.0 Å². The average molecular weight is 285 g/mol. The fourth-order valence-corrected chi connectivity index (χ4v) is 2.13. The topological polar surface area (TPSA) is 49.8 Å². The van der Waals surface area contributed by atoms with E-state index in [1.807, 2.05) is 54.6 Å². The third-order valence-corrected chi connectivity index (χ3v) is 3.25. The van der Waals surface area contributed by atoms with Crippen molar-refractivity contribution in [3.8, 4) is 5.75 Å². The Morgan fingerprint density at radius 1 is 1.10 bits per heavy atom. The molecular formula is C17H19NO3. The molecule has 4 nitrogen and oxygen atoms in total. The van der Waals surface area contributed by atoms with Gasteiger partial charge in [-0.05, 0) is 29.8 Å². The summed E-state index contributed by atoms with van der Waals surface area (Å²) in [4.78, 5) is 12.9. The fraction of sp³-hybridized carbons (Fsp3) is 0.235. The van der Waals surface area contributed by atoms with Crippen LogP contribution < -0.4 is 9.64 Å². The minimum absolute atomic E-state index is 0.110. The first-order valence-corrected chi connectivity index (χ1v) is 6.84. The zero-order valence-electron chi connectivity index (χ0n) is 12.0. The van der Waals surface area contributed by atoms with Gasteiger partial charge in [-0.2, -0.15) is 0 Å². The number of benzene rings is 2. The molecule has 0 atom stereocenters. The van der Waals surface area contributed by atoms with E-state index in [0.29, 0.717) is 13.1 Å². The van der Waals surface area contributed by atoms with E-state index in [1.165, 1.54) is 0 Å². The molecule has 0 unspecified atom stereocenters. The Hall–Kier alpha value is -2.49. The van der Waals surface area contributed by atoms with Crippen molar-refractivity contribution in [2.75, 3.05) is 18.6 Å². The summed E-state index contributed by atoms with van der Waals surface area (Å²) < 4.78 is 5.15. The van der Waals surface area contributed by atoms with Crippen molar-refractivity contribution in [3.05, 3.63) is 60.2 Å². The molecule has 0 radical (unpaired) electrons. The van der Waals surface area contributed by atoms with Crippen LogP contribution in [0.5, 0.6) is 5.75 Å². The normalized spacial score (nSPS) is 10.1. The Balaban J connectivity index is 2.15. The molecule has 1 N–H and O–H groups in total. The number of hydrogen-bond donors (Lipinski definition) is 1. The second kappa shape index (κ2) is 7.33. The zero-order valence-corrected chi connectivity index (χ0v) is 12.0. The van der Waals surface area contributed by atoms with E-state index in [4.69, 9.17) is 9.84 Å². The van der Waals surface area contributed by atoms with Gasteiger partial charge in [-0.15, -0.1) is 0 Å². The van der Waals surface area contributed by atoms with E-state index in [0.717, 1.165) is 17.0 Å². The Morgan fingerprint density at radius 2 is 1.76 bits per heavy atom. The number of ether oxygens (including phenoxy) is 1. The Morgan fingerprint density at radius 3 is 2.33 bits per heavy atom.